The summed E-state index contributed by atoms with van der Waals surface area (Å²) in [5.41, 5.74) is 8.39. The van der Waals surface area contributed by atoms with Crippen molar-refractivity contribution in [2.45, 2.75) is 19.4 Å². The molecule has 1 aromatic carbocycles. The van der Waals surface area contributed by atoms with Gasteiger partial charge in [-0.1, -0.05) is 11.8 Å². The number of methoxy groups -OCH3 is 1. The standard InChI is InChI=1S/C19H19N5O3/c1-19(2,27-3)6-4-12-8-13(9-14-16(12)23-24-17(14)20)11-5-7-21-15(10-11)22-18(25)26/h5,7-10H,1-3H3,(H,21,22)(H,25,26)(H3,20,23,24). The molecule has 3 aromatic rings. The molecule has 5 N–H and O–H groups in total. The lowest BCUT2D eigenvalue weighted by atomic mass is 10.00. The second-order valence-corrected chi connectivity index (χ2v) is 6.38. The van der Waals surface area contributed by atoms with Gasteiger partial charge in [-0.2, -0.15) is 5.10 Å². The number of H-pyrrole nitrogens is 1. The minimum absolute atomic E-state index is 0.230. The fourth-order valence-electron chi connectivity index (χ4n) is 2.46. The smallest absolute Gasteiger partial charge is 0.410 e. The summed E-state index contributed by atoms with van der Waals surface area (Å²) in [5.74, 6) is 6.79. The number of pyridine rings is 1. The quantitative estimate of drug-likeness (QED) is 0.528. The van der Waals surface area contributed by atoms with E-state index in [4.69, 9.17) is 15.6 Å². The third kappa shape index (κ3) is 3.99. The average Bonchev–Trinajstić information content (AvgIpc) is 3.01. The zero-order chi connectivity index (χ0) is 19.6. The van der Waals surface area contributed by atoms with Gasteiger partial charge >= 0.3 is 6.09 Å². The van der Waals surface area contributed by atoms with Gasteiger partial charge in [-0.05, 0) is 49.2 Å². The van der Waals surface area contributed by atoms with Crippen LogP contribution in [0.4, 0.5) is 16.4 Å². The van der Waals surface area contributed by atoms with E-state index in [0.717, 1.165) is 22.0 Å². The Labute approximate surface area is 155 Å². The molecule has 0 unspecified atom stereocenters. The predicted molar refractivity (Wildman–Crippen MR) is 103 cm³/mol. The van der Waals surface area contributed by atoms with Crippen LogP contribution in [-0.2, 0) is 4.74 Å². The summed E-state index contributed by atoms with van der Waals surface area (Å²) in [4.78, 5) is 14.9. The number of carbonyl (C=O) groups is 1. The summed E-state index contributed by atoms with van der Waals surface area (Å²) >= 11 is 0. The van der Waals surface area contributed by atoms with Gasteiger partial charge in [0.2, 0.25) is 0 Å². The van der Waals surface area contributed by atoms with Crippen LogP contribution in [-0.4, -0.2) is 39.1 Å². The maximum atomic E-state index is 10.9. The number of fused-ring (bicyclic) bond motifs is 1. The van der Waals surface area contributed by atoms with Gasteiger partial charge in [-0.15, -0.1) is 0 Å². The third-order valence-corrected chi connectivity index (χ3v) is 4.04. The molecule has 0 atom stereocenters. The Morgan fingerprint density at radius 2 is 2.11 bits per heavy atom. The Bertz CT molecular complexity index is 1080. The number of nitrogens with two attached hydrogens (primary N) is 1. The number of anilines is 2. The Morgan fingerprint density at radius 1 is 1.33 bits per heavy atom. The van der Waals surface area contributed by atoms with Crippen LogP contribution < -0.4 is 11.1 Å². The molecule has 0 bridgehead atoms. The minimum Gasteiger partial charge on any atom is -0.465 e. The van der Waals surface area contributed by atoms with Crippen LogP contribution in [0.5, 0.6) is 0 Å². The minimum atomic E-state index is -1.18. The fourth-order valence-corrected chi connectivity index (χ4v) is 2.46. The number of ether oxygens (including phenoxy) is 1. The van der Waals surface area contributed by atoms with Crippen LogP contribution in [0.1, 0.15) is 19.4 Å². The Hall–Kier alpha value is -3.57. The topological polar surface area (TPSA) is 126 Å². The Kier molecular flexibility index (Phi) is 4.71. The van der Waals surface area contributed by atoms with Crippen molar-refractivity contribution in [3.8, 4) is 23.0 Å². The molecule has 2 heterocycles. The summed E-state index contributed by atoms with van der Waals surface area (Å²) in [7, 11) is 1.60. The van der Waals surface area contributed by atoms with Crippen LogP contribution in [0.15, 0.2) is 30.5 Å². The highest BCUT2D eigenvalue weighted by atomic mass is 16.5. The Balaban J connectivity index is 2.15. The average molecular weight is 365 g/mol. The van der Waals surface area contributed by atoms with E-state index in [1.807, 2.05) is 26.0 Å². The highest BCUT2D eigenvalue weighted by Crippen LogP contribution is 2.30. The molecule has 0 aliphatic heterocycles. The van der Waals surface area contributed by atoms with Gasteiger partial charge in [0.05, 0.1) is 11.1 Å². The molecule has 0 aliphatic carbocycles. The molecule has 0 saturated carbocycles. The molecule has 0 spiro atoms. The first-order valence-corrected chi connectivity index (χ1v) is 8.11. The highest BCUT2D eigenvalue weighted by Gasteiger charge is 2.14. The fraction of sp³-hybridized carbons (Fsp3) is 0.211. The van der Waals surface area contributed by atoms with Crippen LogP contribution in [0.25, 0.3) is 22.0 Å². The number of hydrogen-bond acceptors (Lipinski definition) is 5. The summed E-state index contributed by atoms with van der Waals surface area (Å²) in [5, 5.41) is 18.8. The van der Waals surface area contributed by atoms with Crippen molar-refractivity contribution in [3.63, 3.8) is 0 Å². The first-order valence-electron chi connectivity index (χ1n) is 8.11. The maximum Gasteiger partial charge on any atom is 0.410 e. The molecule has 8 nitrogen and oxygen atoms in total. The van der Waals surface area contributed by atoms with E-state index in [9.17, 15) is 4.79 Å². The zero-order valence-corrected chi connectivity index (χ0v) is 15.1. The molecule has 8 heteroatoms. The van der Waals surface area contributed by atoms with Crippen LogP contribution in [0.2, 0.25) is 0 Å². The van der Waals surface area contributed by atoms with E-state index in [1.165, 1.54) is 6.20 Å². The van der Waals surface area contributed by atoms with Gasteiger partial charge in [-0.25, -0.2) is 9.78 Å². The van der Waals surface area contributed by atoms with Gasteiger partial charge in [0.25, 0.3) is 0 Å². The highest BCUT2D eigenvalue weighted by molar-refractivity contribution is 5.96. The van der Waals surface area contributed by atoms with Crippen molar-refractivity contribution in [3.05, 3.63) is 36.0 Å². The summed E-state index contributed by atoms with van der Waals surface area (Å²) in [6, 6.07) is 7.18. The van der Waals surface area contributed by atoms with Gasteiger partial charge in [-0.3, -0.25) is 10.4 Å². The number of aromatic nitrogens is 3. The lowest BCUT2D eigenvalue weighted by molar-refractivity contribution is 0.0742. The van der Waals surface area contributed by atoms with Gasteiger partial charge in [0.1, 0.15) is 11.4 Å². The van der Waals surface area contributed by atoms with Gasteiger partial charge in [0.15, 0.2) is 5.82 Å². The monoisotopic (exact) mass is 365 g/mol. The Morgan fingerprint density at radius 3 is 2.81 bits per heavy atom. The molecule has 0 radical (unpaired) electrons. The van der Waals surface area contributed by atoms with Crippen LogP contribution >= 0.6 is 0 Å². The summed E-state index contributed by atoms with van der Waals surface area (Å²) in [6.07, 6.45) is 0.352. The van der Waals surface area contributed by atoms with Crippen LogP contribution in [0, 0.1) is 11.8 Å². The van der Waals surface area contributed by atoms with Gasteiger partial charge < -0.3 is 15.6 Å². The molecular formula is C19H19N5O3. The predicted octanol–water partition coefficient (Wildman–Crippen LogP) is 3.07. The van der Waals surface area contributed by atoms with Crippen LogP contribution in [0.3, 0.4) is 0 Å². The number of nitrogens with zero attached hydrogens (tertiary/aromatic N) is 2. The molecule has 0 fully saturated rings. The number of rotatable bonds is 3. The molecule has 138 valence electrons. The van der Waals surface area contributed by atoms with Crippen molar-refractivity contribution < 1.29 is 14.6 Å². The molecule has 0 aliphatic rings. The van der Waals surface area contributed by atoms with E-state index in [0.29, 0.717) is 11.4 Å². The molecule has 27 heavy (non-hydrogen) atoms. The number of hydrogen-bond donors (Lipinski definition) is 4. The summed E-state index contributed by atoms with van der Waals surface area (Å²) in [6.45, 7) is 3.74. The van der Waals surface area contributed by atoms with Crippen molar-refractivity contribution in [2.75, 3.05) is 18.2 Å². The molecule has 3 rings (SSSR count). The number of amides is 1. The van der Waals surface area contributed by atoms with E-state index in [1.54, 1.807) is 19.2 Å². The lowest BCUT2D eigenvalue weighted by Crippen LogP contribution is -2.19. The maximum absolute atomic E-state index is 10.9. The third-order valence-electron chi connectivity index (χ3n) is 4.04. The normalized spacial score (nSPS) is 11.1. The number of nitrogens with one attached hydrogen (secondary N) is 2. The molecule has 0 saturated heterocycles. The van der Waals surface area contributed by atoms with E-state index < -0.39 is 11.7 Å². The lowest BCUT2D eigenvalue weighted by Gasteiger charge is -2.14. The van der Waals surface area contributed by atoms with Crippen molar-refractivity contribution in [2.24, 2.45) is 0 Å². The number of benzene rings is 1. The second kappa shape index (κ2) is 6.97. The molecular weight excluding hydrogens is 346 g/mol. The second-order valence-electron chi connectivity index (χ2n) is 6.38. The molecule has 2 aromatic heterocycles. The number of carboxylic acid groups (broad SMARTS) is 1. The summed E-state index contributed by atoms with van der Waals surface area (Å²) < 4.78 is 5.35. The SMILES string of the molecule is COC(C)(C)C#Cc1cc(-c2ccnc(NC(=O)O)c2)cc2c(N)n[nH]c12. The van der Waals surface area contributed by atoms with Crippen molar-refractivity contribution >= 4 is 28.6 Å². The first kappa shape index (κ1) is 18.2. The first-order chi connectivity index (χ1) is 12.8. The van der Waals surface area contributed by atoms with Crippen molar-refractivity contribution in [1.82, 2.24) is 15.2 Å². The van der Waals surface area contributed by atoms with Gasteiger partial charge in [0, 0.05) is 18.7 Å². The van der Waals surface area contributed by atoms with E-state index in [-0.39, 0.29) is 5.82 Å². The number of nitrogen functional groups attached to an aromatic ring is 1. The number of aromatic amines is 1. The zero-order valence-electron chi connectivity index (χ0n) is 15.1. The van der Waals surface area contributed by atoms with E-state index >= 15 is 0 Å². The van der Waals surface area contributed by atoms with E-state index in [2.05, 4.69) is 32.3 Å². The molecule has 1 amide bonds. The largest absolute Gasteiger partial charge is 0.465 e. The van der Waals surface area contributed by atoms with Crippen molar-refractivity contribution in [1.29, 1.82) is 0 Å².